The first-order valence-corrected chi connectivity index (χ1v) is 11.2. The molecule has 2 amide bonds. The van der Waals surface area contributed by atoms with Crippen molar-refractivity contribution in [3.63, 3.8) is 0 Å². The van der Waals surface area contributed by atoms with E-state index in [0.717, 1.165) is 18.6 Å². The van der Waals surface area contributed by atoms with E-state index >= 15 is 0 Å². The Morgan fingerprint density at radius 3 is 2.42 bits per heavy atom. The second-order valence-corrected chi connectivity index (χ2v) is 9.06. The second-order valence-electron chi connectivity index (χ2n) is 9.06. The predicted molar refractivity (Wildman–Crippen MR) is 128 cm³/mol. The molecule has 2 atom stereocenters. The van der Waals surface area contributed by atoms with Crippen LogP contribution in [0.15, 0.2) is 54.7 Å². The van der Waals surface area contributed by atoms with Crippen molar-refractivity contribution in [2.75, 3.05) is 27.2 Å². The van der Waals surface area contributed by atoms with Crippen LogP contribution >= 0.6 is 0 Å². The van der Waals surface area contributed by atoms with Gasteiger partial charge in [-0.25, -0.2) is 0 Å². The predicted octanol–water partition coefficient (Wildman–Crippen LogP) is 3.17. The van der Waals surface area contributed by atoms with E-state index in [0.29, 0.717) is 17.5 Å². The number of Topliss-reactive ketones (excluding diaryl/α,β-unsaturated/α-hetero) is 1. The molecule has 7 nitrogen and oxygen atoms in total. The highest BCUT2D eigenvalue weighted by molar-refractivity contribution is 6.44. The maximum Gasteiger partial charge on any atom is 0.294 e. The summed E-state index contributed by atoms with van der Waals surface area (Å²) >= 11 is 0. The molecule has 7 heteroatoms. The number of aromatic amines is 1. The Bertz CT molecular complexity index is 1180. The number of rotatable bonds is 5. The van der Waals surface area contributed by atoms with Crippen molar-refractivity contribution in [1.82, 2.24) is 19.7 Å². The van der Waals surface area contributed by atoms with E-state index < -0.39 is 11.7 Å². The van der Waals surface area contributed by atoms with Crippen molar-refractivity contribution in [3.8, 4) is 0 Å². The minimum atomic E-state index is -0.593. The van der Waals surface area contributed by atoms with Gasteiger partial charge in [0.1, 0.15) is 0 Å². The van der Waals surface area contributed by atoms with E-state index in [1.54, 1.807) is 32.3 Å². The molecule has 1 aromatic heterocycles. The zero-order valence-corrected chi connectivity index (χ0v) is 19.5. The fourth-order valence-electron chi connectivity index (χ4n) is 4.44. The Labute approximate surface area is 194 Å². The average molecular weight is 447 g/mol. The van der Waals surface area contributed by atoms with Gasteiger partial charge >= 0.3 is 0 Å². The topological polar surface area (TPSA) is 76.7 Å². The Balaban J connectivity index is 1.54. The van der Waals surface area contributed by atoms with E-state index in [2.05, 4.69) is 35.9 Å². The highest BCUT2D eigenvalue weighted by atomic mass is 16.2. The molecule has 1 saturated heterocycles. The number of aromatic nitrogens is 1. The van der Waals surface area contributed by atoms with Crippen LogP contribution in [0.2, 0.25) is 0 Å². The van der Waals surface area contributed by atoms with Gasteiger partial charge in [-0.15, -0.1) is 0 Å². The standard InChI is InChI=1S/C26H30N4O3/c1-17-15-30(18(2)14-29(17)16-19-8-6-5-7-9-19)25(32)20-10-11-23-21(12-20)22(13-27-23)24(31)26(33)28(3)4/h5-13,17-18,27H,14-16H2,1-4H3/t17-,18?/m0/s1. The number of ketones is 1. The number of H-pyrrole nitrogens is 1. The largest absolute Gasteiger partial charge is 0.360 e. The molecule has 4 rings (SSSR count). The maximum atomic E-state index is 13.4. The highest BCUT2D eigenvalue weighted by Gasteiger charge is 2.32. The second kappa shape index (κ2) is 9.19. The van der Waals surface area contributed by atoms with Gasteiger partial charge in [0.2, 0.25) is 0 Å². The molecular formula is C26H30N4O3. The van der Waals surface area contributed by atoms with E-state index in [4.69, 9.17) is 0 Å². The number of amides is 2. The van der Waals surface area contributed by atoms with Crippen LogP contribution < -0.4 is 0 Å². The molecule has 2 heterocycles. The number of nitrogens with one attached hydrogen (secondary N) is 1. The molecule has 1 N–H and O–H groups in total. The van der Waals surface area contributed by atoms with E-state index in [9.17, 15) is 14.4 Å². The SMILES string of the molecule is CC1CN(Cc2ccccc2)[C@@H](C)CN1C(=O)c1ccc2[nH]cc(C(=O)C(=O)N(C)C)c2c1. The molecule has 2 aromatic carbocycles. The number of hydrogen-bond acceptors (Lipinski definition) is 4. The van der Waals surface area contributed by atoms with Gasteiger partial charge in [-0.2, -0.15) is 0 Å². The number of nitrogens with zero attached hydrogens (tertiary/aromatic N) is 3. The Hall–Kier alpha value is -3.45. The average Bonchev–Trinajstić information content (AvgIpc) is 3.23. The first kappa shape index (κ1) is 22.7. The Morgan fingerprint density at radius 1 is 1.00 bits per heavy atom. The van der Waals surface area contributed by atoms with Crippen molar-refractivity contribution >= 4 is 28.5 Å². The van der Waals surface area contributed by atoms with Crippen molar-refractivity contribution in [2.24, 2.45) is 0 Å². The highest BCUT2D eigenvalue weighted by Crippen LogP contribution is 2.24. The number of benzene rings is 2. The molecule has 1 aliphatic heterocycles. The van der Waals surface area contributed by atoms with Crippen LogP contribution in [-0.2, 0) is 11.3 Å². The number of carbonyl (C=O) groups excluding carboxylic acids is 3. The molecule has 0 saturated carbocycles. The lowest BCUT2D eigenvalue weighted by atomic mass is 10.0. The van der Waals surface area contributed by atoms with Crippen LogP contribution in [0.4, 0.5) is 0 Å². The summed E-state index contributed by atoms with van der Waals surface area (Å²) in [5.41, 5.74) is 2.78. The fraction of sp³-hybridized carbons (Fsp3) is 0.346. The summed E-state index contributed by atoms with van der Waals surface area (Å²) in [5.74, 6) is -1.24. The van der Waals surface area contributed by atoms with Gasteiger partial charge in [0.15, 0.2) is 0 Å². The van der Waals surface area contributed by atoms with Gasteiger partial charge in [-0.05, 0) is 37.6 Å². The quantitative estimate of drug-likeness (QED) is 0.482. The molecule has 0 aliphatic carbocycles. The normalized spacial score (nSPS) is 19.0. The summed E-state index contributed by atoms with van der Waals surface area (Å²) in [6, 6.07) is 15.9. The molecule has 3 aromatic rings. The van der Waals surface area contributed by atoms with Gasteiger partial charge in [-0.3, -0.25) is 19.3 Å². The van der Waals surface area contributed by atoms with Crippen molar-refractivity contribution in [3.05, 3.63) is 71.4 Å². The lowest BCUT2D eigenvalue weighted by molar-refractivity contribution is -0.124. The number of hydrogen-bond donors (Lipinski definition) is 1. The van der Waals surface area contributed by atoms with Crippen LogP contribution in [0.1, 0.15) is 40.1 Å². The number of fused-ring (bicyclic) bond motifs is 1. The zero-order valence-electron chi connectivity index (χ0n) is 19.5. The summed E-state index contributed by atoms with van der Waals surface area (Å²) in [7, 11) is 3.09. The summed E-state index contributed by atoms with van der Waals surface area (Å²) < 4.78 is 0. The molecule has 33 heavy (non-hydrogen) atoms. The zero-order chi connectivity index (χ0) is 23.7. The molecule has 0 radical (unpaired) electrons. The van der Waals surface area contributed by atoms with Gasteiger partial charge in [0.25, 0.3) is 17.6 Å². The van der Waals surface area contributed by atoms with Crippen molar-refractivity contribution in [2.45, 2.75) is 32.5 Å². The molecule has 172 valence electrons. The van der Waals surface area contributed by atoms with E-state index in [1.165, 1.54) is 16.7 Å². The minimum absolute atomic E-state index is 0.0516. The van der Waals surface area contributed by atoms with Crippen LogP contribution in [-0.4, -0.2) is 76.5 Å². The van der Waals surface area contributed by atoms with Gasteiger partial charge in [-0.1, -0.05) is 30.3 Å². The molecular weight excluding hydrogens is 416 g/mol. The third-order valence-corrected chi connectivity index (χ3v) is 6.38. The van der Waals surface area contributed by atoms with Crippen LogP contribution in [0, 0.1) is 0 Å². The van der Waals surface area contributed by atoms with Crippen LogP contribution in [0.5, 0.6) is 0 Å². The van der Waals surface area contributed by atoms with Crippen molar-refractivity contribution < 1.29 is 14.4 Å². The molecule has 1 fully saturated rings. The lowest BCUT2D eigenvalue weighted by Gasteiger charge is -2.44. The van der Waals surface area contributed by atoms with Crippen LogP contribution in [0.25, 0.3) is 10.9 Å². The number of likely N-dealkylation sites (N-methyl/N-ethyl adjacent to an activating group) is 1. The molecule has 0 bridgehead atoms. The van der Waals surface area contributed by atoms with E-state index in [1.807, 2.05) is 23.1 Å². The third kappa shape index (κ3) is 4.54. The third-order valence-electron chi connectivity index (χ3n) is 6.38. The summed E-state index contributed by atoms with van der Waals surface area (Å²) in [5, 5.41) is 0.587. The Morgan fingerprint density at radius 2 is 1.73 bits per heavy atom. The minimum Gasteiger partial charge on any atom is -0.360 e. The fourth-order valence-corrected chi connectivity index (χ4v) is 4.44. The smallest absolute Gasteiger partial charge is 0.294 e. The van der Waals surface area contributed by atoms with E-state index in [-0.39, 0.29) is 23.6 Å². The van der Waals surface area contributed by atoms with Gasteiger partial charge < -0.3 is 14.8 Å². The van der Waals surface area contributed by atoms with Gasteiger partial charge in [0.05, 0.1) is 5.56 Å². The summed E-state index contributed by atoms with van der Waals surface area (Å²) in [4.78, 5) is 46.8. The monoisotopic (exact) mass is 446 g/mol. The Kier molecular flexibility index (Phi) is 6.33. The van der Waals surface area contributed by atoms with Crippen molar-refractivity contribution in [1.29, 1.82) is 0 Å². The maximum absolute atomic E-state index is 13.4. The molecule has 0 spiro atoms. The molecule has 1 unspecified atom stereocenters. The lowest BCUT2D eigenvalue weighted by Crippen LogP contribution is -2.57. The molecule has 1 aliphatic rings. The van der Waals surface area contributed by atoms with Gasteiger partial charge in [0, 0.05) is 68.5 Å². The summed E-state index contributed by atoms with van der Waals surface area (Å²) in [6.07, 6.45) is 1.54. The van der Waals surface area contributed by atoms with Crippen LogP contribution in [0.3, 0.4) is 0 Å². The number of piperazine rings is 1. The first-order chi connectivity index (χ1) is 15.8. The summed E-state index contributed by atoms with van der Waals surface area (Å²) in [6.45, 7) is 6.49. The first-order valence-electron chi connectivity index (χ1n) is 11.2. The number of carbonyl (C=O) groups is 3.